The molecule has 88 heavy (non-hydrogen) atoms. The summed E-state index contributed by atoms with van der Waals surface area (Å²) in [5, 5.41) is 61.8. The van der Waals surface area contributed by atoms with Crippen LogP contribution in [-0.2, 0) is 28.7 Å². The van der Waals surface area contributed by atoms with Gasteiger partial charge in [-0.25, -0.2) is 0 Å². The van der Waals surface area contributed by atoms with Gasteiger partial charge in [-0.3, -0.25) is 38.4 Å². The second-order valence-electron chi connectivity index (χ2n) is 17.7. The third-order valence-electron chi connectivity index (χ3n) is 11.0. The van der Waals surface area contributed by atoms with Crippen molar-refractivity contribution in [1.29, 1.82) is 0 Å². The number of alkyl halides is 3. The van der Waals surface area contributed by atoms with Crippen LogP contribution in [-0.4, -0.2) is 152 Å². The van der Waals surface area contributed by atoms with Crippen LogP contribution in [0.5, 0.6) is 57.5 Å². The van der Waals surface area contributed by atoms with Gasteiger partial charge in [-0.2, -0.15) is 0 Å². The number of phenols is 5. The van der Waals surface area contributed by atoms with Crippen LogP contribution in [0.3, 0.4) is 0 Å². The van der Waals surface area contributed by atoms with E-state index in [-0.39, 0.29) is 125 Å². The van der Waals surface area contributed by atoms with Crippen molar-refractivity contribution in [3.05, 3.63) is 119 Å². The number of aliphatic carboxylic acids is 2. The molecule has 0 fully saturated rings. The standard InChI is InChI=1S/C15H18O5.C13H14O5.C9H9ClO3.C9H8O3.C6H11BrO2.C6H6O2.C3H5ClO2.Li.H2O/c1-2-18-15(17)4-3-8-19-11-5-6-12-13(16)7-9-20-14(12)10-11;14-11-5-7-18-12-8-9(3-4-10(11)12)17-6-1-2-13(15)16;10-4-3-8(12)7-2-1-6(11)5-9(7)13;10-6-1-2-7-8(11)3-4-12-9(7)5-6;1-2-9-6(8)4-3-5-7;7-5-2-1-3-6(8)4-5;4-2-1-3(5)6;;/h5-6,10H,2-4,7-9H2,1H3;3-4,8H,1-2,5-7H2,(H,15,16);1-2,5,11,13H,3-4H2;1-2,5,10H,3-4H2;2-5H2,1H3;1-4,7-8H;1-2H2,(H,5,6);;1H2/q;;;;;;;+1;/p-1. The molecule has 0 atom stereocenters. The molecule has 3 aliphatic heterocycles. The topological polar surface area (TPSA) is 373 Å². The van der Waals surface area contributed by atoms with Gasteiger partial charge in [0.15, 0.2) is 23.1 Å². The molecule has 0 bridgehead atoms. The summed E-state index contributed by atoms with van der Waals surface area (Å²) in [5.74, 6) is 1.32. The Labute approximate surface area is 539 Å². The maximum atomic E-state index is 11.6. The first-order valence-corrected chi connectivity index (χ1v) is 29.2. The Bertz CT molecular complexity index is 2960. The first-order chi connectivity index (χ1) is 41.2. The third kappa shape index (κ3) is 33.4. The van der Waals surface area contributed by atoms with Gasteiger partial charge in [-0.15, -0.1) is 23.2 Å². The van der Waals surface area contributed by atoms with E-state index in [1.807, 2.05) is 6.92 Å². The van der Waals surface area contributed by atoms with Crippen LogP contribution in [0.25, 0.3) is 0 Å². The van der Waals surface area contributed by atoms with Crippen LogP contribution in [0.4, 0.5) is 0 Å². The summed E-state index contributed by atoms with van der Waals surface area (Å²) in [6.07, 6.45) is 4.35. The minimum absolute atomic E-state index is 0. The van der Waals surface area contributed by atoms with Gasteiger partial charge in [0.25, 0.3) is 0 Å². The van der Waals surface area contributed by atoms with Gasteiger partial charge < -0.3 is 74.4 Å². The predicted molar refractivity (Wildman–Crippen MR) is 322 cm³/mol. The van der Waals surface area contributed by atoms with Crippen LogP contribution in [0, 0.1) is 0 Å². The van der Waals surface area contributed by atoms with Crippen LogP contribution in [0.2, 0.25) is 0 Å². The van der Waals surface area contributed by atoms with Crippen molar-refractivity contribution in [2.45, 2.75) is 84.5 Å². The van der Waals surface area contributed by atoms with Gasteiger partial charge in [0, 0.05) is 92.4 Å². The summed E-state index contributed by atoms with van der Waals surface area (Å²) < 4.78 is 36.5. The smallest absolute Gasteiger partial charge is 0.870 e. The summed E-state index contributed by atoms with van der Waals surface area (Å²) in [6, 6.07) is 24.5. The largest absolute Gasteiger partial charge is 1.00 e. The molecular formula is C61H72BrCl2LiO23. The molecule has 8 rings (SSSR count). The third-order valence-corrected chi connectivity index (χ3v) is 11.9. The Morgan fingerprint density at radius 1 is 0.511 bits per heavy atom. The minimum Gasteiger partial charge on any atom is -0.870 e. The van der Waals surface area contributed by atoms with Gasteiger partial charge in [0.2, 0.25) is 0 Å². The van der Waals surface area contributed by atoms with Gasteiger partial charge in [-0.05, 0) is 93.8 Å². The van der Waals surface area contributed by atoms with Crippen molar-refractivity contribution in [1.82, 2.24) is 0 Å². The van der Waals surface area contributed by atoms with Gasteiger partial charge in [0.1, 0.15) is 57.5 Å². The molecule has 0 radical (unpaired) electrons. The number of carboxylic acid groups (broad SMARTS) is 2. The van der Waals surface area contributed by atoms with Crippen molar-refractivity contribution in [3.63, 3.8) is 0 Å². The van der Waals surface area contributed by atoms with Crippen molar-refractivity contribution < 1.29 is 132 Å². The molecule has 0 saturated carbocycles. The first-order valence-electron chi connectivity index (χ1n) is 27.0. The van der Waals surface area contributed by atoms with Gasteiger partial charge in [-0.1, -0.05) is 22.0 Å². The molecule has 0 spiro atoms. The molecule has 0 unspecified atom stereocenters. The summed E-state index contributed by atoms with van der Waals surface area (Å²) >= 11 is 13.6. The average Bonchev–Trinajstić information content (AvgIpc) is 2.53. The maximum Gasteiger partial charge on any atom is 1.00 e. The zero-order chi connectivity index (χ0) is 63.8. The van der Waals surface area contributed by atoms with Crippen molar-refractivity contribution in [2.75, 3.05) is 63.3 Å². The Hall–Kier alpha value is -7.72. The monoisotopic (exact) mass is 1330 g/mol. The zero-order valence-electron chi connectivity index (χ0n) is 48.9. The van der Waals surface area contributed by atoms with Gasteiger partial charge >= 0.3 is 42.7 Å². The normalized spacial score (nSPS) is 11.7. The van der Waals surface area contributed by atoms with Crippen LogP contribution in [0.1, 0.15) is 126 Å². The molecular weight excluding hydrogens is 1260 g/mol. The Morgan fingerprint density at radius 2 is 0.909 bits per heavy atom. The van der Waals surface area contributed by atoms with Crippen LogP contribution in [0.15, 0.2) is 97.1 Å². The summed E-state index contributed by atoms with van der Waals surface area (Å²) in [4.78, 5) is 87.2. The molecule has 23 nitrogen and oxygen atoms in total. The molecule has 8 N–H and O–H groups in total. The summed E-state index contributed by atoms with van der Waals surface area (Å²) in [6.45, 7) is 6.46. The molecule has 0 saturated heterocycles. The average molecular weight is 1330 g/mol. The minimum atomic E-state index is -0.843. The Kier molecular flexibility index (Phi) is 42.4. The molecule has 0 amide bonds. The van der Waals surface area contributed by atoms with E-state index < -0.39 is 11.9 Å². The molecule has 0 aromatic heterocycles. The zero-order valence-corrected chi connectivity index (χ0v) is 52.0. The fourth-order valence-corrected chi connectivity index (χ4v) is 7.57. The quantitative estimate of drug-likeness (QED) is 0.0128. The second kappa shape index (κ2) is 46.4. The number of hydrogen-bond acceptors (Lipinski definition) is 21. The number of esters is 2. The van der Waals surface area contributed by atoms with E-state index in [4.69, 9.17) is 82.3 Å². The number of halogens is 3. The number of hydrogen-bond donors (Lipinski definition) is 7. The van der Waals surface area contributed by atoms with Crippen molar-refractivity contribution in [3.8, 4) is 57.5 Å². The maximum absolute atomic E-state index is 11.6. The number of carboxylic acids is 2. The summed E-state index contributed by atoms with van der Waals surface area (Å²) in [7, 11) is 0. The van der Waals surface area contributed by atoms with Crippen LogP contribution < -0.4 is 42.5 Å². The van der Waals surface area contributed by atoms with E-state index in [0.717, 1.165) is 17.8 Å². The number of carbonyl (C=O) groups excluding carboxylic acids is 6. The Morgan fingerprint density at radius 3 is 1.30 bits per heavy atom. The van der Waals surface area contributed by atoms with E-state index in [0.29, 0.717) is 137 Å². The van der Waals surface area contributed by atoms with Crippen LogP contribution >= 0.6 is 39.1 Å². The number of aromatic hydroxyl groups is 5. The Balaban J connectivity index is 0.00000103. The number of benzene rings is 5. The molecule has 3 aliphatic rings. The SMILES string of the molecule is CCOC(=O)CCCBr.CCOC(=O)CCCOc1ccc2c(c1)OCCC2=O.O=C(CCCl)c1ccc(O)cc1O.O=C(O)CCCOc1ccc2c(c1)OCCC2=O.O=C(O)CCCl.O=C1CCOc2cc(O)ccc21.Oc1cccc(O)c1.[Li+].[OH-]. The molecule has 3 heterocycles. The van der Waals surface area contributed by atoms with E-state index in [2.05, 4.69) is 20.7 Å². The van der Waals surface area contributed by atoms with E-state index >= 15 is 0 Å². The van der Waals surface area contributed by atoms with E-state index in [1.54, 1.807) is 55.5 Å². The predicted octanol–water partition coefficient (Wildman–Crippen LogP) is 7.89. The van der Waals surface area contributed by atoms with Gasteiger partial charge in [0.05, 0.1) is 74.9 Å². The second-order valence-corrected chi connectivity index (χ2v) is 19.2. The number of ketones is 4. The number of carbonyl (C=O) groups is 8. The number of Topliss-reactive ketones (excluding diaryl/α,β-unsaturated/α-hetero) is 4. The fourth-order valence-electron chi connectivity index (χ4n) is 6.96. The van der Waals surface area contributed by atoms with Crippen molar-refractivity contribution in [2.24, 2.45) is 0 Å². The summed E-state index contributed by atoms with van der Waals surface area (Å²) in [5.41, 5.74) is 1.95. The molecule has 0 aliphatic carbocycles. The fraction of sp³-hybridized carbons (Fsp3) is 0.377. The van der Waals surface area contributed by atoms with Crippen molar-refractivity contribution >= 4 is 86.1 Å². The van der Waals surface area contributed by atoms with E-state index in [9.17, 15) is 43.5 Å². The van der Waals surface area contributed by atoms with E-state index in [1.165, 1.54) is 42.5 Å². The number of fused-ring (bicyclic) bond motifs is 3. The molecule has 5 aromatic rings. The number of ether oxygens (including phenoxy) is 7. The molecule has 27 heteroatoms. The number of rotatable bonds is 20. The molecule has 476 valence electrons. The molecule has 5 aromatic carbocycles. The first kappa shape index (κ1) is 80.3. The number of phenolic OH excluding ortho intramolecular Hbond substituents is 5.